The lowest BCUT2D eigenvalue weighted by atomic mass is 10.2. The van der Waals surface area contributed by atoms with E-state index in [1.54, 1.807) is 6.07 Å². The zero-order chi connectivity index (χ0) is 22.1. The molecule has 2 aromatic carbocycles. The van der Waals surface area contributed by atoms with Crippen molar-refractivity contribution in [3.63, 3.8) is 0 Å². The Kier molecular flexibility index (Phi) is 4.86. The highest BCUT2D eigenvalue weighted by molar-refractivity contribution is 5.68. The molecule has 5 aromatic rings. The summed E-state index contributed by atoms with van der Waals surface area (Å²) in [5.74, 6) is -0.150. The molecule has 0 unspecified atom stereocenters. The van der Waals surface area contributed by atoms with Gasteiger partial charge in [-0.3, -0.25) is 13.9 Å². The van der Waals surface area contributed by atoms with Gasteiger partial charge >= 0.3 is 5.69 Å². The van der Waals surface area contributed by atoms with Crippen molar-refractivity contribution in [1.29, 1.82) is 0 Å². The van der Waals surface area contributed by atoms with Crippen molar-refractivity contribution in [2.75, 3.05) is 0 Å². The van der Waals surface area contributed by atoms with Gasteiger partial charge in [0.05, 0.1) is 6.54 Å². The summed E-state index contributed by atoms with van der Waals surface area (Å²) in [6.07, 6.45) is 2.78. The molecule has 158 valence electrons. The second-order valence-corrected chi connectivity index (χ2v) is 7.00. The quantitative estimate of drug-likeness (QED) is 0.421. The Balaban J connectivity index is 1.60. The highest BCUT2D eigenvalue weighted by Crippen LogP contribution is 2.17. The van der Waals surface area contributed by atoms with Crippen molar-refractivity contribution >= 4 is 11.2 Å². The van der Waals surface area contributed by atoms with Crippen LogP contribution in [0.5, 0.6) is 0 Å². The summed E-state index contributed by atoms with van der Waals surface area (Å²) in [6.45, 7) is -0.0607. The fourth-order valence-electron chi connectivity index (χ4n) is 3.38. The first-order chi connectivity index (χ1) is 15.6. The van der Waals surface area contributed by atoms with Crippen molar-refractivity contribution < 1.29 is 8.91 Å². The topological polar surface area (TPSA) is 109 Å². The van der Waals surface area contributed by atoms with E-state index in [4.69, 9.17) is 4.52 Å². The predicted molar refractivity (Wildman–Crippen MR) is 112 cm³/mol. The summed E-state index contributed by atoms with van der Waals surface area (Å²) in [5, 5.41) is 3.87. The van der Waals surface area contributed by atoms with Crippen LogP contribution in [0.2, 0.25) is 0 Å². The largest absolute Gasteiger partial charge is 0.337 e. The molecule has 0 saturated carbocycles. The first-order valence-electron chi connectivity index (χ1n) is 9.67. The van der Waals surface area contributed by atoms with Gasteiger partial charge < -0.3 is 4.52 Å². The van der Waals surface area contributed by atoms with Gasteiger partial charge in [0.15, 0.2) is 11.2 Å². The van der Waals surface area contributed by atoms with Crippen molar-refractivity contribution in [2.24, 2.45) is 0 Å². The van der Waals surface area contributed by atoms with Gasteiger partial charge in [-0.1, -0.05) is 47.6 Å². The van der Waals surface area contributed by atoms with Gasteiger partial charge in [0.1, 0.15) is 12.4 Å². The van der Waals surface area contributed by atoms with E-state index in [0.29, 0.717) is 5.56 Å². The average Bonchev–Trinajstić information content (AvgIpc) is 3.29. The average molecular weight is 430 g/mol. The number of fused-ring (bicyclic) bond motifs is 1. The van der Waals surface area contributed by atoms with Crippen molar-refractivity contribution in [1.82, 2.24) is 29.2 Å². The summed E-state index contributed by atoms with van der Waals surface area (Å²) in [7, 11) is 0. The zero-order valence-corrected chi connectivity index (χ0v) is 16.6. The Morgan fingerprint density at radius 3 is 2.53 bits per heavy atom. The lowest BCUT2D eigenvalue weighted by molar-refractivity contribution is 0.369. The van der Waals surface area contributed by atoms with Crippen LogP contribution in [-0.4, -0.2) is 29.2 Å². The highest BCUT2D eigenvalue weighted by Gasteiger charge is 2.18. The molecular formula is C22H15FN6O3. The number of aromatic nitrogens is 6. The van der Waals surface area contributed by atoms with Crippen LogP contribution in [0.1, 0.15) is 11.5 Å². The second kappa shape index (κ2) is 7.99. The second-order valence-electron chi connectivity index (χ2n) is 7.00. The van der Waals surface area contributed by atoms with Gasteiger partial charge in [-0.25, -0.2) is 19.2 Å². The van der Waals surface area contributed by atoms with Gasteiger partial charge in [0, 0.05) is 18.0 Å². The molecule has 0 amide bonds. The minimum absolute atomic E-state index is 0.0490. The fourth-order valence-corrected chi connectivity index (χ4v) is 3.38. The van der Waals surface area contributed by atoms with E-state index in [0.717, 1.165) is 10.1 Å². The molecule has 3 aromatic heterocycles. The molecule has 0 spiro atoms. The highest BCUT2D eigenvalue weighted by atomic mass is 19.1. The van der Waals surface area contributed by atoms with Crippen LogP contribution in [0.25, 0.3) is 22.6 Å². The Labute approximate surface area is 179 Å². The molecule has 0 radical (unpaired) electrons. The molecule has 9 nitrogen and oxygen atoms in total. The van der Waals surface area contributed by atoms with Crippen molar-refractivity contribution in [2.45, 2.75) is 13.1 Å². The maximum atomic E-state index is 13.5. The Morgan fingerprint density at radius 2 is 1.72 bits per heavy atom. The molecule has 0 atom stereocenters. The van der Waals surface area contributed by atoms with Gasteiger partial charge in [0.25, 0.3) is 5.56 Å². The molecule has 10 heteroatoms. The lowest BCUT2D eigenvalue weighted by Crippen LogP contribution is -2.41. The first-order valence-corrected chi connectivity index (χ1v) is 9.67. The molecule has 0 saturated heterocycles. The van der Waals surface area contributed by atoms with Crippen LogP contribution in [-0.2, 0) is 13.1 Å². The number of nitrogens with zero attached hydrogens (tertiary/aromatic N) is 6. The summed E-state index contributed by atoms with van der Waals surface area (Å²) in [5.41, 5.74) is 0.255. The van der Waals surface area contributed by atoms with Gasteiger partial charge in [-0.2, -0.15) is 4.98 Å². The van der Waals surface area contributed by atoms with Crippen LogP contribution in [0.3, 0.4) is 0 Å². The summed E-state index contributed by atoms with van der Waals surface area (Å²) >= 11 is 0. The predicted octanol–water partition coefficient (Wildman–Crippen LogP) is 2.24. The number of rotatable bonds is 5. The van der Waals surface area contributed by atoms with E-state index in [2.05, 4.69) is 20.1 Å². The summed E-state index contributed by atoms with van der Waals surface area (Å²) in [4.78, 5) is 38.7. The minimum Gasteiger partial charge on any atom is -0.337 e. The molecule has 0 fully saturated rings. The number of hydrogen-bond donors (Lipinski definition) is 0. The normalized spacial score (nSPS) is 11.2. The molecule has 0 aliphatic heterocycles. The third-order valence-corrected chi connectivity index (χ3v) is 4.87. The monoisotopic (exact) mass is 430 g/mol. The van der Waals surface area contributed by atoms with Crippen LogP contribution >= 0.6 is 0 Å². The van der Waals surface area contributed by atoms with E-state index in [1.807, 2.05) is 30.3 Å². The Bertz CT molecular complexity index is 1540. The maximum Gasteiger partial charge on any atom is 0.333 e. The van der Waals surface area contributed by atoms with Crippen LogP contribution in [0, 0.1) is 5.82 Å². The first kappa shape index (κ1) is 19.5. The fraction of sp³-hybridized carbons (Fsp3) is 0.0909. The van der Waals surface area contributed by atoms with Crippen molar-refractivity contribution in [3.8, 4) is 11.4 Å². The SMILES string of the molecule is O=c1c2nccnc2n(Cc2nc(-c3cccc(F)c3)no2)c(=O)n1Cc1ccccc1. The minimum atomic E-state index is -0.586. The van der Waals surface area contributed by atoms with Gasteiger partial charge in [-0.15, -0.1) is 0 Å². The van der Waals surface area contributed by atoms with Crippen LogP contribution < -0.4 is 11.2 Å². The smallest absolute Gasteiger partial charge is 0.333 e. The lowest BCUT2D eigenvalue weighted by Gasteiger charge is -2.11. The molecule has 0 aliphatic rings. The number of halogens is 1. The molecule has 0 N–H and O–H groups in total. The molecule has 5 rings (SSSR count). The van der Waals surface area contributed by atoms with E-state index in [9.17, 15) is 14.0 Å². The van der Waals surface area contributed by atoms with Crippen LogP contribution in [0.4, 0.5) is 4.39 Å². The molecule has 0 bridgehead atoms. The third kappa shape index (κ3) is 3.58. The molecule has 32 heavy (non-hydrogen) atoms. The third-order valence-electron chi connectivity index (χ3n) is 4.87. The summed E-state index contributed by atoms with van der Waals surface area (Å²) in [6, 6.07) is 14.9. The maximum absolute atomic E-state index is 13.5. The van der Waals surface area contributed by atoms with E-state index in [-0.39, 0.29) is 36.0 Å². The number of benzene rings is 2. The molecule has 3 heterocycles. The standard InChI is InChI=1S/C22H15FN6O3/c23-16-8-4-7-15(11-16)19-26-17(32-27-19)13-28-20-18(24-9-10-25-20)21(30)29(22(28)31)12-14-5-2-1-3-6-14/h1-11H,12-13H2. The van der Waals surface area contributed by atoms with Crippen molar-refractivity contribution in [3.05, 3.63) is 105 Å². The zero-order valence-electron chi connectivity index (χ0n) is 16.6. The molecule has 0 aliphatic carbocycles. The summed E-state index contributed by atoms with van der Waals surface area (Å²) < 4.78 is 21.1. The Morgan fingerprint density at radius 1 is 0.906 bits per heavy atom. The van der Waals surface area contributed by atoms with Gasteiger partial charge in [-0.05, 0) is 17.7 Å². The van der Waals surface area contributed by atoms with E-state index >= 15 is 0 Å². The number of hydrogen-bond acceptors (Lipinski definition) is 7. The Hall–Kier alpha value is -4.47. The molecular weight excluding hydrogens is 415 g/mol. The van der Waals surface area contributed by atoms with Crippen LogP contribution in [0.15, 0.2) is 81.1 Å². The van der Waals surface area contributed by atoms with E-state index < -0.39 is 17.1 Å². The van der Waals surface area contributed by atoms with E-state index in [1.165, 1.54) is 35.2 Å². The van der Waals surface area contributed by atoms with Gasteiger partial charge in [0.2, 0.25) is 11.7 Å².